The van der Waals surface area contributed by atoms with Crippen molar-refractivity contribution in [3.8, 4) is 0 Å². The van der Waals surface area contributed by atoms with Crippen LogP contribution in [0.15, 0.2) is 63.9 Å². The Morgan fingerprint density at radius 3 is 2.52 bits per heavy atom. The summed E-state index contributed by atoms with van der Waals surface area (Å²) in [7, 11) is 0. The molecule has 2 amide bonds. The van der Waals surface area contributed by atoms with Crippen LogP contribution in [0.25, 0.3) is 16.8 Å². The highest BCUT2D eigenvalue weighted by atomic mass is 32.2. The van der Waals surface area contributed by atoms with Gasteiger partial charge in [-0.15, -0.1) is 0 Å². The second kappa shape index (κ2) is 8.63. The van der Waals surface area contributed by atoms with E-state index in [1.54, 1.807) is 6.08 Å². The van der Waals surface area contributed by atoms with Crippen molar-refractivity contribution in [2.45, 2.75) is 32.2 Å². The number of nitrogens with zero attached hydrogens (tertiary/aromatic N) is 2. The molecule has 0 saturated carbocycles. The van der Waals surface area contributed by atoms with Gasteiger partial charge in [-0.2, -0.15) is 0 Å². The van der Waals surface area contributed by atoms with Gasteiger partial charge in [-0.25, -0.2) is 0 Å². The number of imide groups is 1. The zero-order valence-electron chi connectivity index (χ0n) is 17.3. The molecular formula is C25H24N2O3S. The van der Waals surface area contributed by atoms with Crippen molar-refractivity contribution >= 4 is 45.6 Å². The highest BCUT2D eigenvalue weighted by molar-refractivity contribution is 8.18. The molecule has 3 aromatic rings. The fourth-order valence-corrected chi connectivity index (χ4v) is 5.07. The van der Waals surface area contributed by atoms with Gasteiger partial charge in [0, 0.05) is 25.2 Å². The van der Waals surface area contributed by atoms with E-state index < -0.39 is 0 Å². The molecule has 0 atom stereocenters. The van der Waals surface area contributed by atoms with Crippen LogP contribution in [0.4, 0.5) is 10.7 Å². The lowest BCUT2D eigenvalue weighted by molar-refractivity contribution is -0.123. The molecule has 158 valence electrons. The predicted octanol–water partition coefficient (Wildman–Crippen LogP) is 6.05. The molecule has 3 heterocycles. The zero-order valence-corrected chi connectivity index (χ0v) is 18.1. The quantitative estimate of drug-likeness (QED) is 0.470. The molecule has 2 fully saturated rings. The van der Waals surface area contributed by atoms with Gasteiger partial charge in [-0.05, 0) is 47.0 Å². The van der Waals surface area contributed by atoms with Crippen LogP contribution in [0, 0.1) is 0 Å². The Labute approximate surface area is 185 Å². The Balaban J connectivity index is 1.35. The van der Waals surface area contributed by atoms with Crippen LogP contribution in [0.5, 0.6) is 0 Å². The number of rotatable bonds is 4. The molecule has 2 aromatic carbocycles. The number of thioether (sulfide) groups is 1. The van der Waals surface area contributed by atoms with Crippen molar-refractivity contribution in [3.05, 3.63) is 70.8 Å². The molecule has 2 aliphatic rings. The summed E-state index contributed by atoms with van der Waals surface area (Å²) in [5.74, 6) is 1.17. The van der Waals surface area contributed by atoms with Gasteiger partial charge in [0.1, 0.15) is 5.76 Å². The molecule has 0 unspecified atom stereocenters. The van der Waals surface area contributed by atoms with Crippen molar-refractivity contribution in [1.29, 1.82) is 0 Å². The van der Waals surface area contributed by atoms with Crippen LogP contribution < -0.4 is 4.90 Å². The molecule has 0 spiro atoms. The third-order valence-electron chi connectivity index (χ3n) is 5.89. The van der Waals surface area contributed by atoms with Crippen molar-refractivity contribution < 1.29 is 14.0 Å². The first-order chi connectivity index (χ1) is 15.2. The van der Waals surface area contributed by atoms with Crippen LogP contribution in [-0.2, 0) is 11.3 Å². The summed E-state index contributed by atoms with van der Waals surface area (Å²) >= 11 is 0.974. The second-order valence-electron chi connectivity index (χ2n) is 7.98. The van der Waals surface area contributed by atoms with Crippen molar-refractivity contribution in [2.24, 2.45) is 0 Å². The molecule has 2 aliphatic heterocycles. The smallest absolute Gasteiger partial charge is 0.293 e. The SMILES string of the molecule is O=C1S/C(=C/c2ccc(N3CCCCCC3)o2)C(=O)N1Cc1cccc2ccccc12. The topological polar surface area (TPSA) is 53.8 Å². The normalized spacial score (nSPS) is 18.9. The fraction of sp³-hybridized carbons (Fsp3) is 0.280. The maximum atomic E-state index is 13.0. The highest BCUT2D eigenvalue weighted by Crippen LogP contribution is 2.35. The summed E-state index contributed by atoms with van der Waals surface area (Å²) in [6, 6.07) is 17.8. The average molecular weight is 433 g/mol. The Bertz CT molecular complexity index is 1150. The van der Waals surface area contributed by atoms with Gasteiger partial charge >= 0.3 is 0 Å². The monoisotopic (exact) mass is 432 g/mol. The number of fused-ring (bicyclic) bond motifs is 1. The van der Waals surface area contributed by atoms with Crippen LogP contribution in [-0.4, -0.2) is 29.1 Å². The molecule has 5 rings (SSSR count). The highest BCUT2D eigenvalue weighted by Gasteiger charge is 2.35. The minimum Gasteiger partial charge on any atom is -0.441 e. The third-order valence-corrected chi connectivity index (χ3v) is 6.79. The standard InChI is InChI=1S/C25H24N2O3S/c28-24-22(16-20-12-13-23(30-20)26-14-5-1-2-6-15-26)31-25(29)27(24)17-19-10-7-9-18-8-3-4-11-21(18)19/h3-4,7-13,16H,1-2,5-6,14-15,17H2/b22-16+. The minimum atomic E-state index is -0.268. The van der Waals surface area contributed by atoms with Crippen molar-refractivity contribution in [3.63, 3.8) is 0 Å². The number of anilines is 1. The van der Waals surface area contributed by atoms with E-state index in [1.165, 1.54) is 30.6 Å². The Kier molecular flexibility index (Phi) is 5.55. The Hall–Kier alpha value is -2.99. The van der Waals surface area contributed by atoms with E-state index in [4.69, 9.17) is 4.42 Å². The van der Waals surface area contributed by atoms with Gasteiger partial charge in [-0.1, -0.05) is 55.3 Å². The molecule has 0 radical (unpaired) electrons. The zero-order chi connectivity index (χ0) is 21.2. The Morgan fingerprint density at radius 2 is 1.68 bits per heavy atom. The van der Waals surface area contributed by atoms with Crippen LogP contribution in [0.1, 0.15) is 37.0 Å². The largest absolute Gasteiger partial charge is 0.441 e. The van der Waals surface area contributed by atoms with E-state index in [2.05, 4.69) is 4.90 Å². The summed E-state index contributed by atoms with van der Waals surface area (Å²) in [4.78, 5) is 29.6. The lowest BCUT2D eigenvalue weighted by atomic mass is 10.0. The van der Waals surface area contributed by atoms with Gasteiger partial charge < -0.3 is 9.32 Å². The maximum absolute atomic E-state index is 13.0. The first kappa shape index (κ1) is 19.9. The molecule has 2 saturated heterocycles. The lowest BCUT2D eigenvalue weighted by Crippen LogP contribution is -2.27. The number of furan rings is 1. The number of amides is 2. The van der Waals surface area contributed by atoms with Crippen LogP contribution >= 0.6 is 11.8 Å². The number of hydrogen-bond donors (Lipinski definition) is 0. The first-order valence-electron chi connectivity index (χ1n) is 10.8. The number of benzene rings is 2. The van der Waals surface area contributed by atoms with Gasteiger partial charge in [0.15, 0.2) is 5.88 Å². The van der Waals surface area contributed by atoms with Crippen LogP contribution in [0.3, 0.4) is 0 Å². The van der Waals surface area contributed by atoms with Gasteiger partial charge in [0.05, 0.1) is 11.4 Å². The molecule has 5 nitrogen and oxygen atoms in total. The number of carbonyl (C=O) groups excluding carboxylic acids is 2. The van der Waals surface area contributed by atoms with E-state index in [0.29, 0.717) is 10.7 Å². The summed E-state index contributed by atoms with van der Waals surface area (Å²) in [6.07, 6.45) is 6.54. The number of carbonyl (C=O) groups is 2. The molecule has 31 heavy (non-hydrogen) atoms. The summed E-state index contributed by atoms with van der Waals surface area (Å²) in [6.45, 7) is 2.25. The lowest BCUT2D eigenvalue weighted by Gasteiger charge is -2.18. The molecule has 1 aromatic heterocycles. The van der Waals surface area contributed by atoms with E-state index in [-0.39, 0.29) is 17.7 Å². The fourth-order valence-electron chi connectivity index (χ4n) is 4.25. The van der Waals surface area contributed by atoms with Gasteiger partial charge in [0.25, 0.3) is 11.1 Å². The van der Waals surface area contributed by atoms with Crippen molar-refractivity contribution in [1.82, 2.24) is 4.90 Å². The van der Waals surface area contributed by atoms with Crippen molar-refractivity contribution in [2.75, 3.05) is 18.0 Å². The third kappa shape index (κ3) is 4.12. The second-order valence-corrected chi connectivity index (χ2v) is 8.98. The van der Waals surface area contributed by atoms with Gasteiger partial charge in [-0.3, -0.25) is 14.5 Å². The molecular weight excluding hydrogens is 408 g/mol. The number of hydrogen-bond acceptors (Lipinski definition) is 5. The Morgan fingerprint density at radius 1 is 0.903 bits per heavy atom. The molecule has 0 aliphatic carbocycles. The summed E-state index contributed by atoms with van der Waals surface area (Å²) in [5.41, 5.74) is 0.961. The van der Waals surface area contributed by atoms with E-state index >= 15 is 0 Å². The van der Waals surface area contributed by atoms with Crippen LogP contribution in [0.2, 0.25) is 0 Å². The summed E-state index contributed by atoms with van der Waals surface area (Å²) in [5, 5.41) is 1.91. The minimum absolute atomic E-state index is 0.247. The molecule has 6 heteroatoms. The molecule has 0 bridgehead atoms. The van der Waals surface area contributed by atoms with E-state index in [9.17, 15) is 9.59 Å². The maximum Gasteiger partial charge on any atom is 0.293 e. The van der Waals surface area contributed by atoms with E-state index in [0.717, 1.165) is 47.1 Å². The average Bonchev–Trinajstić information content (AvgIpc) is 3.22. The first-order valence-corrected chi connectivity index (χ1v) is 11.6. The van der Waals surface area contributed by atoms with Gasteiger partial charge in [0.2, 0.25) is 0 Å². The predicted molar refractivity (Wildman–Crippen MR) is 125 cm³/mol. The molecule has 0 N–H and O–H groups in total. The van der Waals surface area contributed by atoms with E-state index in [1.807, 2.05) is 54.6 Å². The summed E-state index contributed by atoms with van der Waals surface area (Å²) < 4.78 is 5.99.